The minimum Gasteiger partial charge on any atom is -0.396 e. The fourth-order valence-electron chi connectivity index (χ4n) is 7.40. The molecule has 8 nitrogen and oxygen atoms in total. The highest BCUT2D eigenvalue weighted by molar-refractivity contribution is 6.03. The summed E-state index contributed by atoms with van der Waals surface area (Å²) in [5, 5.41) is 9.31. The molecule has 41 heavy (non-hydrogen) atoms. The molecule has 2 bridgehead atoms. The summed E-state index contributed by atoms with van der Waals surface area (Å²) >= 11 is 0. The highest BCUT2D eigenvalue weighted by Crippen LogP contribution is 2.65. The van der Waals surface area contributed by atoms with Gasteiger partial charge in [0, 0.05) is 37.5 Å². The van der Waals surface area contributed by atoms with Crippen molar-refractivity contribution >= 4 is 23.4 Å². The molecule has 224 valence electrons. The number of unbranched alkanes of at least 4 members (excludes halogenated alkanes) is 2. The normalized spacial score (nSPS) is 30.3. The van der Waals surface area contributed by atoms with Gasteiger partial charge in [-0.05, 0) is 71.4 Å². The molecule has 1 aromatic rings. The van der Waals surface area contributed by atoms with Crippen molar-refractivity contribution in [3.8, 4) is 0 Å². The number of aliphatic hydroxyl groups is 1. The number of benzene rings is 1. The maximum Gasteiger partial charge on any atom is 0.249 e. The highest BCUT2D eigenvalue weighted by Gasteiger charge is 2.80. The van der Waals surface area contributed by atoms with E-state index in [2.05, 4.69) is 20.1 Å². The topological polar surface area (TPSA) is 90.4 Å². The fourth-order valence-corrected chi connectivity index (χ4v) is 7.40. The molecule has 6 atom stereocenters. The Morgan fingerprint density at radius 1 is 1.10 bits per heavy atom. The Bertz CT molecular complexity index is 1160. The monoisotopic (exact) mass is 565 g/mol. The number of fused-ring (bicyclic) bond motifs is 1. The molecule has 0 saturated carbocycles. The van der Waals surface area contributed by atoms with Crippen molar-refractivity contribution in [2.24, 2.45) is 17.8 Å². The number of rotatable bonds is 12. The molecule has 1 aromatic carbocycles. The van der Waals surface area contributed by atoms with Crippen molar-refractivity contribution in [3.63, 3.8) is 0 Å². The zero-order valence-corrected chi connectivity index (χ0v) is 25.3. The molecule has 3 aliphatic heterocycles. The van der Waals surface area contributed by atoms with Crippen molar-refractivity contribution in [2.45, 2.75) is 83.1 Å². The molecule has 0 aliphatic carbocycles. The molecule has 3 saturated heterocycles. The van der Waals surface area contributed by atoms with Gasteiger partial charge in [-0.1, -0.05) is 37.3 Å². The van der Waals surface area contributed by atoms with E-state index in [0.29, 0.717) is 38.9 Å². The summed E-state index contributed by atoms with van der Waals surface area (Å²) < 4.78 is 6.94. The predicted octanol–water partition coefficient (Wildman–Crippen LogP) is 4.19. The van der Waals surface area contributed by atoms with Crippen molar-refractivity contribution in [1.29, 1.82) is 0 Å². The van der Waals surface area contributed by atoms with Crippen LogP contribution in [-0.4, -0.2) is 81.7 Å². The first-order valence-electron chi connectivity index (χ1n) is 14.9. The molecule has 3 amide bonds. The number of aliphatic hydroxyl groups excluding tert-OH is 1. The van der Waals surface area contributed by atoms with Crippen LogP contribution in [-0.2, 0) is 19.1 Å². The van der Waals surface area contributed by atoms with Crippen LogP contribution in [0.4, 0.5) is 5.69 Å². The van der Waals surface area contributed by atoms with Crippen LogP contribution in [0.3, 0.4) is 0 Å². The first-order chi connectivity index (χ1) is 19.4. The second-order valence-electron chi connectivity index (χ2n) is 13.0. The number of hydrogen-bond acceptors (Lipinski definition) is 5. The van der Waals surface area contributed by atoms with Crippen LogP contribution in [0, 0.1) is 17.8 Å². The predicted molar refractivity (Wildman–Crippen MR) is 160 cm³/mol. The Balaban J connectivity index is 1.82. The molecule has 0 aromatic heterocycles. The molecule has 1 N–H and O–H groups in total. The van der Waals surface area contributed by atoms with Crippen LogP contribution in [0.2, 0.25) is 0 Å². The molecule has 0 radical (unpaired) electrons. The number of anilines is 1. The van der Waals surface area contributed by atoms with Crippen LogP contribution in [0.1, 0.15) is 60.3 Å². The quantitative estimate of drug-likeness (QED) is 0.303. The maximum atomic E-state index is 14.6. The third-order valence-corrected chi connectivity index (χ3v) is 9.40. The van der Waals surface area contributed by atoms with E-state index in [1.165, 1.54) is 0 Å². The Morgan fingerprint density at radius 3 is 2.34 bits per heavy atom. The minimum atomic E-state index is -1.11. The molecular formula is C33H47N3O5. The van der Waals surface area contributed by atoms with Crippen LogP contribution >= 0.6 is 0 Å². The van der Waals surface area contributed by atoms with Gasteiger partial charge in [-0.25, -0.2) is 0 Å². The summed E-state index contributed by atoms with van der Waals surface area (Å²) in [6.07, 6.45) is 5.91. The number of carbonyl (C=O) groups excluding carboxylic acids is 3. The van der Waals surface area contributed by atoms with E-state index in [0.717, 1.165) is 12.1 Å². The Morgan fingerprint density at radius 2 is 1.76 bits per heavy atom. The van der Waals surface area contributed by atoms with Gasteiger partial charge in [0.1, 0.15) is 11.6 Å². The molecule has 3 heterocycles. The van der Waals surface area contributed by atoms with Crippen LogP contribution in [0.5, 0.6) is 0 Å². The van der Waals surface area contributed by atoms with Gasteiger partial charge >= 0.3 is 0 Å². The van der Waals surface area contributed by atoms with E-state index in [9.17, 15) is 19.5 Å². The molecule has 3 fully saturated rings. The van der Waals surface area contributed by atoms with Crippen LogP contribution < -0.4 is 4.90 Å². The standard InChI is InChI=1S/C33H47N3O5/c1-8-18-34(24-16-12-10-13-17-24)28(38)25-26-29(39)35(20-14-11-15-21-37)27(30(40)36(19-9-2)31(4,5)6)33(26)22-23(3)32(25,7)41-33/h8-10,12-13,16-17,23,25-27,37H,1-2,11,14-15,18-22H2,3-7H3/t23?,25-,26-,27?,32+,33?/m0/s1. The largest absolute Gasteiger partial charge is 0.396 e. The fraction of sp³-hybridized carbons (Fsp3) is 0.606. The lowest BCUT2D eigenvalue weighted by molar-refractivity contribution is -0.155. The summed E-state index contributed by atoms with van der Waals surface area (Å²) in [7, 11) is 0. The molecule has 4 rings (SSSR count). The van der Waals surface area contributed by atoms with Crippen molar-refractivity contribution in [3.05, 3.63) is 55.6 Å². The van der Waals surface area contributed by atoms with Gasteiger partial charge < -0.3 is 24.5 Å². The Hall–Kier alpha value is -2.97. The molecule has 3 aliphatic rings. The maximum absolute atomic E-state index is 14.6. The Kier molecular flexibility index (Phi) is 8.86. The molecule has 1 spiro atoms. The van der Waals surface area contributed by atoms with Gasteiger partial charge in [-0.3, -0.25) is 14.4 Å². The summed E-state index contributed by atoms with van der Waals surface area (Å²) in [6.45, 7) is 18.7. The van der Waals surface area contributed by atoms with Crippen LogP contribution in [0.25, 0.3) is 0 Å². The molecule has 3 unspecified atom stereocenters. The summed E-state index contributed by atoms with van der Waals surface area (Å²) in [5.41, 5.74) is -1.80. The Labute approximate surface area is 245 Å². The van der Waals surface area contributed by atoms with Gasteiger partial charge in [0.2, 0.25) is 17.7 Å². The first kappa shape index (κ1) is 31.0. The average Bonchev–Trinajstić information content (AvgIpc) is 3.44. The lowest BCUT2D eigenvalue weighted by Gasteiger charge is -2.42. The molecule has 8 heteroatoms. The average molecular weight is 566 g/mol. The number of hydrogen-bond donors (Lipinski definition) is 1. The third kappa shape index (κ3) is 5.14. The van der Waals surface area contributed by atoms with Gasteiger partial charge in [-0.2, -0.15) is 0 Å². The number of amides is 3. The van der Waals surface area contributed by atoms with E-state index in [1.54, 1.807) is 26.9 Å². The first-order valence-corrected chi connectivity index (χ1v) is 14.9. The number of ether oxygens (including phenoxy) is 1. The smallest absolute Gasteiger partial charge is 0.249 e. The zero-order chi connectivity index (χ0) is 30.2. The highest BCUT2D eigenvalue weighted by atomic mass is 16.5. The van der Waals surface area contributed by atoms with Crippen molar-refractivity contribution in [1.82, 2.24) is 9.80 Å². The summed E-state index contributed by atoms with van der Waals surface area (Å²) in [4.78, 5) is 48.7. The lowest BCUT2D eigenvalue weighted by Crippen LogP contribution is -2.60. The van der Waals surface area contributed by atoms with Gasteiger partial charge in [0.15, 0.2) is 0 Å². The third-order valence-electron chi connectivity index (χ3n) is 9.40. The summed E-state index contributed by atoms with van der Waals surface area (Å²) in [5.74, 6) is -2.12. The van der Waals surface area contributed by atoms with Crippen LogP contribution in [0.15, 0.2) is 55.6 Å². The van der Waals surface area contributed by atoms with Crippen molar-refractivity contribution in [2.75, 3.05) is 31.1 Å². The SMILES string of the molecule is C=CCN(C(=O)[C@@H]1[C@H]2C(=O)N(CCCCCO)C(C(=O)N(CC=C)C(C)(C)C)C23CC(C)[C@@]1(C)O3)c1ccccc1. The van der Waals surface area contributed by atoms with Crippen molar-refractivity contribution < 1.29 is 24.2 Å². The molecular weight excluding hydrogens is 518 g/mol. The number of likely N-dealkylation sites (tertiary alicyclic amines) is 1. The number of para-hydroxylation sites is 1. The van der Waals surface area contributed by atoms with E-state index >= 15 is 0 Å². The van der Waals surface area contributed by atoms with E-state index < -0.39 is 34.6 Å². The lowest BCUT2D eigenvalue weighted by atomic mass is 9.62. The minimum absolute atomic E-state index is 0.0472. The van der Waals surface area contributed by atoms with Gasteiger partial charge in [0.25, 0.3) is 0 Å². The van der Waals surface area contributed by atoms with Gasteiger partial charge in [0.05, 0.1) is 17.4 Å². The van der Waals surface area contributed by atoms with Gasteiger partial charge in [-0.15, -0.1) is 13.2 Å². The van der Waals surface area contributed by atoms with E-state index in [4.69, 9.17) is 4.74 Å². The second kappa shape index (κ2) is 11.7. The van der Waals surface area contributed by atoms with E-state index in [1.807, 2.05) is 58.0 Å². The second-order valence-corrected chi connectivity index (χ2v) is 13.0. The zero-order valence-electron chi connectivity index (χ0n) is 25.3. The number of carbonyl (C=O) groups is 3. The number of nitrogens with zero attached hydrogens (tertiary/aromatic N) is 3. The summed E-state index contributed by atoms with van der Waals surface area (Å²) in [6, 6.07) is 8.57. The van der Waals surface area contributed by atoms with E-state index in [-0.39, 0.29) is 30.2 Å².